The summed E-state index contributed by atoms with van der Waals surface area (Å²) in [6, 6.07) is 0. The number of aliphatic hydroxyl groups is 2. The Bertz CT molecular complexity index is 261. The van der Waals surface area contributed by atoms with Crippen LogP contribution in [-0.4, -0.2) is 34.5 Å². The molecule has 1 aliphatic heterocycles. The molecule has 2 N–H and O–H groups in total. The van der Waals surface area contributed by atoms with Crippen molar-refractivity contribution in [3.8, 4) is 0 Å². The van der Waals surface area contributed by atoms with Crippen molar-refractivity contribution in [3.05, 3.63) is 0 Å². The number of aliphatic hydroxyl groups excluding tert-OH is 1. The molecule has 4 heteroatoms. The average Bonchev–Trinajstić information content (AvgIpc) is 2.33. The molecule has 0 amide bonds. The van der Waals surface area contributed by atoms with Crippen LogP contribution in [0.5, 0.6) is 0 Å². The van der Waals surface area contributed by atoms with Gasteiger partial charge in [-0.15, -0.1) is 0 Å². The fourth-order valence-electron chi connectivity index (χ4n) is 2.66. The first kappa shape index (κ1) is 9.93. The van der Waals surface area contributed by atoms with E-state index >= 15 is 0 Å². The maximum absolute atomic E-state index is 11.3. The van der Waals surface area contributed by atoms with Crippen LogP contribution in [0.2, 0.25) is 0 Å². The van der Waals surface area contributed by atoms with Gasteiger partial charge in [-0.25, -0.2) is 0 Å². The van der Waals surface area contributed by atoms with Crippen molar-refractivity contribution in [1.82, 2.24) is 0 Å². The standard InChI is InChI=1S/C10H16O4/c1-5-6-3-8(11)10(2,13)7(6)4-14-9(5)12/h5-8,11,13H,3-4H2,1-2H3/t5-,6+,7-,8+,10+/m1/s1. The van der Waals surface area contributed by atoms with Gasteiger partial charge in [-0.05, 0) is 19.3 Å². The molecule has 0 bridgehead atoms. The molecule has 0 radical (unpaired) electrons. The van der Waals surface area contributed by atoms with Crippen LogP contribution in [0.1, 0.15) is 20.3 Å². The average molecular weight is 200 g/mol. The Hall–Kier alpha value is -0.610. The molecule has 0 aromatic carbocycles. The van der Waals surface area contributed by atoms with Crippen molar-refractivity contribution in [3.63, 3.8) is 0 Å². The number of hydrogen-bond acceptors (Lipinski definition) is 4. The highest BCUT2D eigenvalue weighted by Gasteiger charge is 2.55. The van der Waals surface area contributed by atoms with Gasteiger partial charge in [-0.1, -0.05) is 6.92 Å². The Morgan fingerprint density at radius 2 is 2.21 bits per heavy atom. The lowest BCUT2D eigenvalue weighted by Crippen LogP contribution is -2.46. The molecule has 1 aliphatic carbocycles. The molecule has 2 fully saturated rings. The third-order valence-corrected chi connectivity index (χ3v) is 3.86. The van der Waals surface area contributed by atoms with Crippen molar-refractivity contribution in [2.24, 2.45) is 17.8 Å². The topological polar surface area (TPSA) is 66.8 Å². The maximum Gasteiger partial charge on any atom is 0.308 e. The van der Waals surface area contributed by atoms with Crippen LogP contribution in [0, 0.1) is 17.8 Å². The number of rotatable bonds is 0. The number of hydrogen-bond donors (Lipinski definition) is 2. The van der Waals surface area contributed by atoms with Crippen LogP contribution in [0.25, 0.3) is 0 Å². The van der Waals surface area contributed by atoms with Crippen molar-refractivity contribution in [1.29, 1.82) is 0 Å². The second kappa shape index (κ2) is 2.94. The van der Waals surface area contributed by atoms with E-state index in [-0.39, 0.29) is 30.3 Å². The third-order valence-electron chi connectivity index (χ3n) is 3.86. The van der Waals surface area contributed by atoms with E-state index in [1.54, 1.807) is 13.8 Å². The monoisotopic (exact) mass is 200 g/mol. The van der Waals surface area contributed by atoms with E-state index in [1.807, 2.05) is 0 Å². The fourth-order valence-corrected chi connectivity index (χ4v) is 2.66. The summed E-state index contributed by atoms with van der Waals surface area (Å²) in [5.74, 6) is -0.486. The van der Waals surface area contributed by atoms with Crippen LogP contribution < -0.4 is 0 Å². The molecule has 0 aromatic heterocycles. The summed E-state index contributed by atoms with van der Waals surface area (Å²) < 4.78 is 4.98. The number of ether oxygens (including phenoxy) is 1. The van der Waals surface area contributed by atoms with Gasteiger partial charge in [0.2, 0.25) is 0 Å². The molecule has 0 spiro atoms. The lowest BCUT2D eigenvalue weighted by atomic mass is 9.79. The summed E-state index contributed by atoms with van der Waals surface area (Å²) in [5, 5.41) is 19.7. The van der Waals surface area contributed by atoms with Gasteiger partial charge in [0.25, 0.3) is 0 Å². The largest absolute Gasteiger partial charge is 0.465 e. The molecule has 1 heterocycles. The predicted octanol–water partition coefficient (Wildman–Crippen LogP) is -0.0727. The molecule has 5 atom stereocenters. The second-order valence-electron chi connectivity index (χ2n) is 4.67. The number of carbonyl (C=O) groups is 1. The summed E-state index contributed by atoms with van der Waals surface area (Å²) in [6.07, 6.45) is -0.247. The van der Waals surface area contributed by atoms with Crippen LogP contribution in [-0.2, 0) is 9.53 Å². The molecular formula is C10H16O4. The van der Waals surface area contributed by atoms with Crippen molar-refractivity contribution in [2.75, 3.05) is 6.61 Å². The Morgan fingerprint density at radius 1 is 1.57 bits per heavy atom. The highest BCUT2D eigenvalue weighted by atomic mass is 16.5. The Balaban J connectivity index is 2.25. The molecule has 80 valence electrons. The quantitative estimate of drug-likeness (QED) is 0.537. The SMILES string of the molecule is C[C@H]1C(=O)OC[C@@H]2[C@H]1C[C@H](O)[C@@]2(C)O. The van der Waals surface area contributed by atoms with Crippen LogP contribution >= 0.6 is 0 Å². The number of cyclic esters (lactones) is 1. The number of carbonyl (C=O) groups excluding carboxylic acids is 1. The van der Waals surface area contributed by atoms with E-state index in [4.69, 9.17) is 4.74 Å². The third kappa shape index (κ3) is 1.17. The molecule has 2 aliphatic rings. The predicted molar refractivity (Wildman–Crippen MR) is 48.4 cm³/mol. The van der Waals surface area contributed by atoms with Crippen molar-refractivity contribution < 1.29 is 19.7 Å². The van der Waals surface area contributed by atoms with Crippen molar-refractivity contribution >= 4 is 5.97 Å². The first-order valence-electron chi connectivity index (χ1n) is 5.01. The molecule has 4 nitrogen and oxygen atoms in total. The Labute approximate surface area is 82.9 Å². The van der Waals surface area contributed by atoms with E-state index in [0.717, 1.165) is 0 Å². The smallest absolute Gasteiger partial charge is 0.308 e. The van der Waals surface area contributed by atoms with E-state index in [9.17, 15) is 15.0 Å². The highest BCUT2D eigenvalue weighted by molar-refractivity contribution is 5.73. The normalized spacial score (nSPS) is 52.7. The Morgan fingerprint density at radius 3 is 2.86 bits per heavy atom. The first-order valence-corrected chi connectivity index (χ1v) is 5.01. The summed E-state index contributed by atoms with van der Waals surface area (Å²) >= 11 is 0. The van der Waals surface area contributed by atoms with E-state index in [2.05, 4.69) is 0 Å². The minimum atomic E-state index is -1.11. The van der Waals surface area contributed by atoms with Crippen LogP contribution in [0.15, 0.2) is 0 Å². The molecule has 1 saturated heterocycles. The van der Waals surface area contributed by atoms with Gasteiger partial charge in [0.05, 0.1) is 24.2 Å². The zero-order valence-electron chi connectivity index (χ0n) is 8.43. The van der Waals surface area contributed by atoms with Gasteiger partial charge < -0.3 is 14.9 Å². The Kier molecular flexibility index (Phi) is 2.08. The number of esters is 1. The van der Waals surface area contributed by atoms with Crippen molar-refractivity contribution in [2.45, 2.75) is 32.0 Å². The zero-order chi connectivity index (χ0) is 10.5. The first-order chi connectivity index (χ1) is 6.44. The highest BCUT2D eigenvalue weighted by Crippen LogP contribution is 2.46. The van der Waals surface area contributed by atoms with Crippen LogP contribution in [0.3, 0.4) is 0 Å². The minimum absolute atomic E-state index is 0.0567. The van der Waals surface area contributed by atoms with Crippen LogP contribution in [0.4, 0.5) is 0 Å². The fraction of sp³-hybridized carbons (Fsp3) is 0.900. The summed E-state index contributed by atoms with van der Waals surface area (Å²) in [7, 11) is 0. The molecular weight excluding hydrogens is 184 g/mol. The van der Waals surface area contributed by atoms with Gasteiger partial charge >= 0.3 is 5.97 Å². The zero-order valence-corrected chi connectivity index (χ0v) is 8.43. The van der Waals surface area contributed by atoms with Gasteiger partial charge in [0, 0.05) is 5.92 Å². The second-order valence-corrected chi connectivity index (χ2v) is 4.67. The summed E-state index contributed by atoms with van der Waals surface area (Å²) in [4.78, 5) is 11.3. The van der Waals surface area contributed by atoms with E-state index in [1.165, 1.54) is 0 Å². The maximum atomic E-state index is 11.3. The molecule has 2 rings (SSSR count). The van der Waals surface area contributed by atoms with Gasteiger partial charge in [0.1, 0.15) is 0 Å². The number of fused-ring (bicyclic) bond motifs is 1. The minimum Gasteiger partial charge on any atom is -0.465 e. The summed E-state index contributed by atoms with van der Waals surface area (Å²) in [6.45, 7) is 3.65. The molecule has 0 unspecified atom stereocenters. The summed E-state index contributed by atoms with van der Waals surface area (Å²) in [5.41, 5.74) is -1.11. The lowest BCUT2D eigenvalue weighted by molar-refractivity contribution is -0.166. The van der Waals surface area contributed by atoms with Gasteiger partial charge in [0.15, 0.2) is 0 Å². The van der Waals surface area contributed by atoms with E-state index in [0.29, 0.717) is 6.42 Å². The molecule has 1 saturated carbocycles. The van der Waals surface area contributed by atoms with E-state index < -0.39 is 11.7 Å². The molecule has 0 aromatic rings. The lowest BCUT2D eigenvalue weighted by Gasteiger charge is -2.35. The van der Waals surface area contributed by atoms with Gasteiger partial charge in [-0.2, -0.15) is 0 Å². The molecule has 14 heavy (non-hydrogen) atoms. The van der Waals surface area contributed by atoms with Gasteiger partial charge in [-0.3, -0.25) is 4.79 Å².